The molecule has 0 aliphatic rings. The number of unbranched alkanes of at least 4 members (excludes halogenated alkanes) is 1. The van der Waals surface area contributed by atoms with Crippen molar-refractivity contribution in [1.29, 1.82) is 0 Å². The molecule has 0 aliphatic carbocycles. The minimum absolute atomic E-state index is 0.233. The van der Waals surface area contributed by atoms with Crippen LogP contribution in [0, 0.1) is 5.92 Å². The number of rotatable bonds is 6. The van der Waals surface area contributed by atoms with Crippen molar-refractivity contribution in [2.45, 2.75) is 46.1 Å². The summed E-state index contributed by atoms with van der Waals surface area (Å²) in [6, 6.07) is 9.52. The zero-order chi connectivity index (χ0) is 23.4. The number of aromatic nitrogens is 1. The average Bonchev–Trinajstić information content (AvgIpc) is 2.80. The van der Waals surface area contributed by atoms with Crippen LogP contribution in [0.1, 0.15) is 39.5 Å². The van der Waals surface area contributed by atoms with Gasteiger partial charge in [0.15, 0.2) is 0 Å². The Morgan fingerprint density at radius 1 is 0.879 bits per heavy atom. The van der Waals surface area contributed by atoms with Crippen LogP contribution in [0.15, 0.2) is 57.8 Å². The van der Waals surface area contributed by atoms with Crippen LogP contribution in [0.3, 0.4) is 0 Å². The number of halogens is 3. The highest BCUT2D eigenvalue weighted by atomic mass is 79.9. The number of nitrogens with zero attached hydrogens (tertiary/aromatic N) is 1. The second-order valence-corrected chi connectivity index (χ2v) is 11.3. The fourth-order valence-electron chi connectivity index (χ4n) is 4.86. The summed E-state index contributed by atoms with van der Waals surface area (Å²) >= 11 is 10.9. The molecular formula is C26H22Br3NO3. The molecular weight excluding hydrogens is 614 g/mol. The minimum atomic E-state index is -0.233. The highest BCUT2D eigenvalue weighted by Gasteiger charge is 2.23. The van der Waals surface area contributed by atoms with Crippen molar-refractivity contribution in [2.24, 2.45) is 5.92 Å². The summed E-state index contributed by atoms with van der Waals surface area (Å²) in [7, 11) is 0. The van der Waals surface area contributed by atoms with E-state index < -0.39 is 0 Å². The third-order valence-electron chi connectivity index (χ3n) is 6.62. The van der Waals surface area contributed by atoms with Crippen LogP contribution in [-0.4, -0.2) is 4.57 Å². The number of benzene rings is 3. The Bertz CT molecular complexity index is 1620. The molecule has 0 spiro atoms. The maximum Gasteiger partial charge on any atom is 0.261 e. The molecule has 0 saturated heterocycles. The minimum Gasteiger partial charge on any atom is -0.455 e. The number of fused-ring (bicyclic) bond motifs is 2. The molecule has 0 amide bonds. The zero-order valence-electron chi connectivity index (χ0n) is 18.3. The predicted octanol–water partition coefficient (Wildman–Crippen LogP) is 8.36. The Kier molecular flexibility index (Phi) is 6.17. The first-order valence-corrected chi connectivity index (χ1v) is 13.6. The van der Waals surface area contributed by atoms with E-state index in [0.29, 0.717) is 38.7 Å². The van der Waals surface area contributed by atoms with E-state index in [2.05, 4.69) is 61.6 Å². The Morgan fingerprint density at radius 2 is 1.58 bits per heavy atom. The third kappa shape index (κ3) is 3.67. The summed E-state index contributed by atoms with van der Waals surface area (Å²) in [5.41, 5.74) is 0.891. The van der Waals surface area contributed by atoms with E-state index in [9.17, 15) is 9.59 Å². The van der Waals surface area contributed by atoms with Gasteiger partial charge < -0.3 is 4.42 Å². The maximum absolute atomic E-state index is 13.6. The van der Waals surface area contributed by atoms with E-state index in [-0.39, 0.29) is 11.1 Å². The van der Waals surface area contributed by atoms with Crippen molar-refractivity contribution in [1.82, 2.24) is 4.57 Å². The lowest BCUT2D eigenvalue weighted by molar-refractivity contribution is 0.382. The molecule has 0 radical (unpaired) electrons. The largest absolute Gasteiger partial charge is 0.455 e. The van der Waals surface area contributed by atoms with Gasteiger partial charge in [0.1, 0.15) is 11.2 Å². The molecule has 7 heteroatoms. The smallest absolute Gasteiger partial charge is 0.261 e. The first kappa shape index (κ1) is 23.1. The van der Waals surface area contributed by atoms with Crippen LogP contribution in [0.2, 0.25) is 0 Å². The molecule has 0 aliphatic heterocycles. The first-order chi connectivity index (χ1) is 15.8. The Balaban J connectivity index is 1.92. The van der Waals surface area contributed by atoms with Crippen LogP contribution < -0.4 is 11.1 Å². The summed E-state index contributed by atoms with van der Waals surface area (Å²) in [5.74, 6) is 0.298. The Hall–Kier alpha value is -1.70. The molecule has 170 valence electrons. The highest BCUT2D eigenvalue weighted by Crippen LogP contribution is 2.44. The molecule has 0 bridgehead atoms. The third-order valence-corrected chi connectivity index (χ3v) is 8.33. The van der Waals surface area contributed by atoms with Gasteiger partial charge in [0, 0.05) is 42.4 Å². The van der Waals surface area contributed by atoms with Crippen LogP contribution in [0.5, 0.6) is 0 Å². The van der Waals surface area contributed by atoms with Gasteiger partial charge in [-0.2, -0.15) is 0 Å². The van der Waals surface area contributed by atoms with Gasteiger partial charge in [-0.05, 0) is 58.6 Å². The lowest BCUT2D eigenvalue weighted by Crippen LogP contribution is -2.35. The van der Waals surface area contributed by atoms with Crippen molar-refractivity contribution >= 4 is 91.3 Å². The number of hydrogen-bond acceptors (Lipinski definition) is 3. The Labute approximate surface area is 215 Å². The van der Waals surface area contributed by atoms with Gasteiger partial charge in [-0.3, -0.25) is 14.2 Å². The molecule has 5 rings (SSSR count). The highest BCUT2D eigenvalue weighted by molar-refractivity contribution is 9.11. The van der Waals surface area contributed by atoms with Crippen molar-refractivity contribution in [2.75, 3.05) is 0 Å². The molecule has 3 aromatic carbocycles. The van der Waals surface area contributed by atoms with Crippen LogP contribution in [0.4, 0.5) is 0 Å². The Morgan fingerprint density at radius 3 is 2.24 bits per heavy atom. The van der Waals surface area contributed by atoms with E-state index in [4.69, 9.17) is 4.42 Å². The van der Waals surface area contributed by atoms with Gasteiger partial charge in [0.25, 0.3) is 11.1 Å². The van der Waals surface area contributed by atoms with Gasteiger partial charge >= 0.3 is 0 Å². The molecule has 5 aromatic rings. The lowest BCUT2D eigenvalue weighted by atomic mass is 9.95. The monoisotopic (exact) mass is 633 g/mol. The topological polar surface area (TPSA) is 52.2 Å². The fraction of sp³-hybridized carbons (Fsp3) is 0.308. The molecule has 1 unspecified atom stereocenters. The molecule has 1 atom stereocenters. The molecule has 2 aromatic heterocycles. The second-order valence-electron chi connectivity index (χ2n) is 8.65. The summed E-state index contributed by atoms with van der Waals surface area (Å²) in [4.78, 5) is 27.3. The summed E-state index contributed by atoms with van der Waals surface area (Å²) < 4.78 is 10.1. The van der Waals surface area contributed by atoms with Crippen molar-refractivity contribution in [3.05, 3.63) is 64.5 Å². The van der Waals surface area contributed by atoms with E-state index in [1.807, 2.05) is 24.3 Å². The summed E-state index contributed by atoms with van der Waals surface area (Å²) in [6.45, 7) is 4.73. The van der Waals surface area contributed by atoms with E-state index in [1.54, 1.807) is 6.07 Å². The van der Waals surface area contributed by atoms with Crippen molar-refractivity contribution < 1.29 is 4.42 Å². The molecule has 0 saturated carbocycles. The number of pyridine rings is 1. The SMILES string of the molecule is CCCCC(CC)Cn1c(=O)c2cc(Br)c3oc4ccc(Br)cc4c4c(Br)cc(c1=O)c2c34. The van der Waals surface area contributed by atoms with Crippen molar-refractivity contribution in [3.63, 3.8) is 0 Å². The van der Waals surface area contributed by atoms with Gasteiger partial charge in [-0.25, -0.2) is 0 Å². The van der Waals surface area contributed by atoms with E-state index in [1.165, 1.54) is 4.57 Å². The normalized spacial score (nSPS) is 13.1. The van der Waals surface area contributed by atoms with Crippen LogP contribution in [-0.2, 0) is 6.54 Å². The van der Waals surface area contributed by atoms with Gasteiger partial charge in [0.05, 0.1) is 9.86 Å². The molecule has 0 N–H and O–H groups in total. The van der Waals surface area contributed by atoms with Gasteiger partial charge in [-0.1, -0.05) is 65.0 Å². The van der Waals surface area contributed by atoms with Crippen LogP contribution in [0.25, 0.3) is 43.5 Å². The quantitative estimate of drug-likeness (QED) is 0.139. The maximum atomic E-state index is 13.6. The van der Waals surface area contributed by atoms with Crippen LogP contribution >= 0.6 is 47.8 Å². The first-order valence-electron chi connectivity index (χ1n) is 11.2. The van der Waals surface area contributed by atoms with E-state index in [0.717, 1.165) is 56.4 Å². The predicted molar refractivity (Wildman–Crippen MR) is 147 cm³/mol. The second kappa shape index (κ2) is 8.82. The number of hydrogen-bond donors (Lipinski definition) is 0. The van der Waals surface area contributed by atoms with E-state index >= 15 is 0 Å². The molecule has 2 heterocycles. The summed E-state index contributed by atoms with van der Waals surface area (Å²) in [6.07, 6.45) is 4.14. The molecule has 33 heavy (non-hydrogen) atoms. The lowest BCUT2D eigenvalue weighted by Gasteiger charge is -2.19. The molecule has 4 nitrogen and oxygen atoms in total. The molecule has 0 fully saturated rings. The fourth-order valence-corrected chi connectivity index (χ4v) is 6.37. The van der Waals surface area contributed by atoms with Crippen molar-refractivity contribution in [3.8, 4) is 0 Å². The average molecular weight is 636 g/mol. The van der Waals surface area contributed by atoms with Gasteiger partial charge in [-0.15, -0.1) is 0 Å². The van der Waals surface area contributed by atoms with Gasteiger partial charge in [0.2, 0.25) is 0 Å². The summed E-state index contributed by atoms with van der Waals surface area (Å²) in [5, 5.41) is 4.37. The standard InChI is InChI=1S/C26H22Br3NO3/c1-3-5-6-13(4-2)12-30-25(31)16-10-18(28)22-15-9-14(27)7-8-20(15)33-24-19(29)11-17(26(30)32)21(16)23(22)24/h7-11,13H,3-6,12H2,1-2H3. The zero-order valence-corrected chi connectivity index (χ0v) is 23.1.